The first-order chi connectivity index (χ1) is 14.3. The lowest BCUT2D eigenvalue weighted by atomic mass is 9.89. The first kappa shape index (κ1) is 22.4. The molecule has 0 radical (unpaired) electrons. The normalized spacial score (nSPS) is 11.9. The van der Waals surface area contributed by atoms with Gasteiger partial charge in [-0.25, -0.2) is 5.43 Å². The zero-order valence-corrected chi connectivity index (χ0v) is 17.1. The van der Waals surface area contributed by atoms with E-state index in [0.717, 1.165) is 11.3 Å². The fourth-order valence-corrected chi connectivity index (χ4v) is 3.00. The first-order valence-electron chi connectivity index (χ1n) is 9.22. The maximum absolute atomic E-state index is 10.8. The van der Waals surface area contributed by atoms with Crippen LogP contribution in [0.4, 0.5) is 5.69 Å². The molecule has 2 aromatic carbocycles. The lowest BCUT2D eigenvalue weighted by Gasteiger charge is -2.19. The van der Waals surface area contributed by atoms with Gasteiger partial charge in [0.1, 0.15) is 5.75 Å². The number of non-ortho nitro benzene ring substituents is 1. The Hall–Kier alpha value is -3.86. The molecular formula is C22H24N4O4. The molecule has 30 heavy (non-hydrogen) atoms. The van der Waals surface area contributed by atoms with Gasteiger partial charge in [0.2, 0.25) is 0 Å². The third-order valence-electron chi connectivity index (χ3n) is 4.34. The van der Waals surface area contributed by atoms with Gasteiger partial charge in [-0.2, -0.15) is 5.10 Å². The Morgan fingerprint density at radius 3 is 2.50 bits per heavy atom. The van der Waals surface area contributed by atoms with Crippen molar-refractivity contribution in [3.8, 4) is 29.7 Å². The number of nitro benzene ring substituents is 1. The summed E-state index contributed by atoms with van der Waals surface area (Å²) in [4.78, 5) is 10.4. The molecule has 0 aliphatic carbocycles. The molecule has 0 aliphatic heterocycles. The van der Waals surface area contributed by atoms with Gasteiger partial charge in [-0.1, -0.05) is 12.5 Å². The minimum Gasteiger partial charge on any atom is -0.493 e. The van der Waals surface area contributed by atoms with Crippen molar-refractivity contribution >= 4 is 17.1 Å². The van der Waals surface area contributed by atoms with Crippen LogP contribution in [0.15, 0.2) is 47.6 Å². The van der Waals surface area contributed by atoms with Crippen LogP contribution in [-0.4, -0.2) is 23.5 Å². The van der Waals surface area contributed by atoms with Gasteiger partial charge in [0, 0.05) is 29.6 Å². The van der Waals surface area contributed by atoms with Gasteiger partial charge in [0.15, 0.2) is 11.5 Å². The molecule has 2 aromatic rings. The molecule has 0 spiro atoms. The topological polar surface area (TPSA) is 110 Å². The lowest BCUT2D eigenvalue weighted by molar-refractivity contribution is -0.384. The second-order valence-corrected chi connectivity index (χ2v) is 6.75. The summed E-state index contributed by atoms with van der Waals surface area (Å²) in [5.41, 5.74) is 4.80. The third kappa shape index (κ3) is 6.34. The highest BCUT2D eigenvalue weighted by Gasteiger charge is 2.18. The summed E-state index contributed by atoms with van der Waals surface area (Å²) in [5, 5.41) is 22.9. The summed E-state index contributed by atoms with van der Waals surface area (Å²) in [5.74, 6) is 1.46. The third-order valence-corrected chi connectivity index (χ3v) is 4.34. The van der Waals surface area contributed by atoms with Crippen molar-refractivity contribution in [1.29, 1.82) is 5.41 Å². The van der Waals surface area contributed by atoms with E-state index in [9.17, 15) is 10.1 Å². The number of ether oxygens (including phenoxy) is 2. The predicted molar refractivity (Wildman–Crippen MR) is 117 cm³/mol. The molecule has 8 heteroatoms. The SMILES string of the molecule is C#CN/N=C(/C)CC(CC(C)=N)c1ccc(OC)c(Oc2ccc([N+](=O)[O-])cc2)c1. The molecular weight excluding hydrogens is 384 g/mol. The predicted octanol–water partition coefficient (Wildman–Crippen LogP) is 4.86. The number of nitro groups is 1. The maximum Gasteiger partial charge on any atom is 0.269 e. The lowest BCUT2D eigenvalue weighted by Crippen LogP contribution is -2.11. The van der Waals surface area contributed by atoms with Crippen molar-refractivity contribution in [1.82, 2.24) is 5.43 Å². The van der Waals surface area contributed by atoms with Crippen LogP contribution in [-0.2, 0) is 0 Å². The fraction of sp³-hybridized carbons (Fsp3) is 0.273. The Kier molecular flexibility index (Phi) is 7.94. The van der Waals surface area contributed by atoms with Crippen LogP contribution in [0.1, 0.15) is 38.2 Å². The Balaban J connectivity index is 2.34. The van der Waals surface area contributed by atoms with Gasteiger partial charge in [-0.15, -0.1) is 0 Å². The number of terminal acetylenes is 1. The molecule has 0 saturated carbocycles. The van der Waals surface area contributed by atoms with Gasteiger partial charge >= 0.3 is 0 Å². The molecule has 0 fully saturated rings. The molecule has 0 bridgehead atoms. The maximum atomic E-state index is 10.8. The number of benzene rings is 2. The molecule has 0 saturated heterocycles. The molecule has 0 aliphatic rings. The van der Waals surface area contributed by atoms with Crippen LogP contribution in [0.2, 0.25) is 0 Å². The average molecular weight is 408 g/mol. The summed E-state index contributed by atoms with van der Waals surface area (Å²) in [6, 6.07) is 13.7. The summed E-state index contributed by atoms with van der Waals surface area (Å²) in [6.07, 6.45) is 6.33. The van der Waals surface area contributed by atoms with E-state index in [1.165, 1.54) is 24.3 Å². The molecule has 0 amide bonds. The zero-order chi connectivity index (χ0) is 22.1. The van der Waals surface area contributed by atoms with Crippen molar-refractivity contribution in [2.75, 3.05) is 7.11 Å². The minimum absolute atomic E-state index is 0.00376. The summed E-state index contributed by atoms with van der Waals surface area (Å²) in [6.45, 7) is 3.63. The largest absolute Gasteiger partial charge is 0.493 e. The standard InChI is InChI=1S/C22H24N4O4/c1-5-24-25-16(3)13-18(12-15(2)23)17-6-11-21(29-4)22(14-17)30-20-9-7-19(8-10-20)26(27)28/h1,6-11,14,18,23-24H,12-13H2,2-4H3/b23-15?,25-16-. The van der Waals surface area contributed by atoms with Gasteiger partial charge in [-0.05, 0) is 62.4 Å². The number of hydrazone groups is 1. The van der Waals surface area contributed by atoms with Gasteiger partial charge < -0.3 is 14.9 Å². The van der Waals surface area contributed by atoms with Crippen molar-refractivity contribution in [3.63, 3.8) is 0 Å². The van der Waals surface area contributed by atoms with Crippen LogP contribution >= 0.6 is 0 Å². The molecule has 156 valence electrons. The summed E-state index contributed by atoms with van der Waals surface area (Å²) in [7, 11) is 1.54. The minimum atomic E-state index is -0.464. The number of methoxy groups -OCH3 is 1. The average Bonchev–Trinajstić information content (AvgIpc) is 2.71. The number of nitrogens with one attached hydrogen (secondary N) is 2. The van der Waals surface area contributed by atoms with E-state index in [0.29, 0.717) is 35.8 Å². The molecule has 8 nitrogen and oxygen atoms in total. The number of nitrogens with zero attached hydrogens (tertiary/aromatic N) is 2. The summed E-state index contributed by atoms with van der Waals surface area (Å²) >= 11 is 0. The number of rotatable bonds is 10. The fourth-order valence-electron chi connectivity index (χ4n) is 3.00. The van der Waals surface area contributed by atoms with Crippen LogP contribution in [0.25, 0.3) is 0 Å². The second-order valence-electron chi connectivity index (χ2n) is 6.75. The van der Waals surface area contributed by atoms with E-state index in [2.05, 4.69) is 16.6 Å². The molecule has 2 N–H and O–H groups in total. The smallest absolute Gasteiger partial charge is 0.269 e. The van der Waals surface area contributed by atoms with E-state index in [1.54, 1.807) is 20.1 Å². The van der Waals surface area contributed by atoms with Crippen molar-refractivity contribution in [2.45, 2.75) is 32.6 Å². The molecule has 1 atom stereocenters. The van der Waals surface area contributed by atoms with Crippen molar-refractivity contribution < 1.29 is 14.4 Å². The number of hydrogen-bond donors (Lipinski definition) is 2. The van der Waals surface area contributed by atoms with Crippen LogP contribution < -0.4 is 14.9 Å². The van der Waals surface area contributed by atoms with E-state index in [-0.39, 0.29) is 11.6 Å². The van der Waals surface area contributed by atoms with Crippen LogP contribution in [0, 0.1) is 28.0 Å². The molecule has 2 rings (SSSR count). The first-order valence-corrected chi connectivity index (χ1v) is 9.22. The molecule has 0 aromatic heterocycles. The molecule has 0 heterocycles. The van der Waals surface area contributed by atoms with E-state index in [1.807, 2.05) is 19.1 Å². The van der Waals surface area contributed by atoms with Gasteiger partial charge in [0.25, 0.3) is 5.69 Å². The zero-order valence-electron chi connectivity index (χ0n) is 17.1. The van der Waals surface area contributed by atoms with Crippen LogP contribution in [0.5, 0.6) is 17.2 Å². The quantitative estimate of drug-likeness (QED) is 0.192. The van der Waals surface area contributed by atoms with Gasteiger partial charge in [0.05, 0.1) is 12.0 Å². The van der Waals surface area contributed by atoms with E-state index in [4.69, 9.17) is 21.3 Å². The Morgan fingerprint density at radius 2 is 1.93 bits per heavy atom. The second kappa shape index (κ2) is 10.6. The monoisotopic (exact) mass is 408 g/mol. The summed E-state index contributed by atoms with van der Waals surface area (Å²) < 4.78 is 11.3. The van der Waals surface area contributed by atoms with Crippen LogP contribution in [0.3, 0.4) is 0 Å². The van der Waals surface area contributed by atoms with E-state index >= 15 is 0 Å². The van der Waals surface area contributed by atoms with E-state index < -0.39 is 4.92 Å². The number of hydrogen-bond acceptors (Lipinski definition) is 7. The Labute approximate surface area is 175 Å². The highest BCUT2D eigenvalue weighted by Crippen LogP contribution is 2.36. The van der Waals surface area contributed by atoms with Crippen molar-refractivity contribution in [3.05, 3.63) is 58.1 Å². The highest BCUT2D eigenvalue weighted by atomic mass is 16.6. The van der Waals surface area contributed by atoms with Gasteiger partial charge in [-0.3, -0.25) is 10.1 Å². The highest BCUT2D eigenvalue weighted by molar-refractivity contribution is 5.85. The Morgan fingerprint density at radius 1 is 1.23 bits per heavy atom. The Bertz CT molecular complexity index is 978. The van der Waals surface area contributed by atoms with Crippen molar-refractivity contribution in [2.24, 2.45) is 5.10 Å². The molecule has 1 unspecified atom stereocenters.